The predicted molar refractivity (Wildman–Crippen MR) is 107 cm³/mol. The Hall–Kier alpha value is -1.56. The van der Waals surface area contributed by atoms with E-state index >= 15 is 0 Å². The van der Waals surface area contributed by atoms with E-state index in [1.54, 1.807) is 11.8 Å². The Balaban J connectivity index is 1.77. The Morgan fingerprint density at radius 2 is 1.75 bits per heavy atom. The summed E-state index contributed by atoms with van der Waals surface area (Å²) in [6.07, 6.45) is 0. The number of hydrogen-bond acceptors (Lipinski definition) is 5. The summed E-state index contributed by atoms with van der Waals surface area (Å²) in [4.78, 5) is 17.3. The number of hydrogen-bond donors (Lipinski definition) is 0. The van der Waals surface area contributed by atoms with Crippen LogP contribution in [0.25, 0.3) is 0 Å². The minimum atomic E-state index is -0.309. The van der Waals surface area contributed by atoms with E-state index in [1.807, 2.05) is 42.5 Å². The number of ketones is 1. The molecule has 0 bridgehead atoms. The van der Waals surface area contributed by atoms with Gasteiger partial charge in [0.1, 0.15) is 0 Å². The van der Waals surface area contributed by atoms with E-state index in [-0.39, 0.29) is 11.7 Å². The van der Waals surface area contributed by atoms with Crippen molar-refractivity contribution in [1.82, 2.24) is 0 Å². The molecule has 1 saturated heterocycles. The van der Waals surface area contributed by atoms with E-state index in [0.717, 1.165) is 26.2 Å². The van der Waals surface area contributed by atoms with Crippen molar-refractivity contribution in [3.05, 3.63) is 70.1 Å². The summed E-state index contributed by atoms with van der Waals surface area (Å²) < 4.78 is 0.751. The van der Waals surface area contributed by atoms with Crippen molar-refractivity contribution in [1.29, 1.82) is 0 Å². The van der Waals surface area contributed by atoms with Gasteiger partial charge < -0.3 is 4.90 Å². The Labute approximate surface area is 155 Å². The van der Waals surface area contributed by atoms with Gasteiger partial charge in [-0.3, -0.25) is 4.79 Å². The maximum Gasteiger partial charge on any atom is 0.185 e. The zero-order chi connectivity index (χ0) is 16.7. The number of carbonyl (C=O) groups is 1. The van der Waals surface area contributed by atoms with Crippen LogP contribution in [0.15, 0.2) is 69.4 Å². The van der Waals surface area contributed by atoms with Crippen LogP contribution in [-0.4, -0.2) is 16.5 Å². The summed E-state index contributed by atoms with van der Waals surface area (Å²) in [5.41, 5.74) is 2.16. The molecule has 2 nitrogen and oxygen atoms in total. The van der Waals surface area contributed by atoms with Crippen molar-refractivity contribution in [2.75, 3.05) is 11.4 Å². The lowest BCUT2D eigenvalue weighted by Gasteiger charge is -2.19. The maximum absolute atomic E-state index is 13.1. The second kappa shape index (κ2) is 6.39. The van der Waals surface area contributed by atoms with E-state index < -0.39 is 0 Å². The minimum Gasteiger partial charge on any atom is -0.334 e. The third kappa shape index (κ3) is 2.51. The molecule has 0 radical (unpaired) electrons. The summed E-state index contributed by atoms with van der Waals surface area (Å²) >= 11 is 8.69. The monoisotopic (exact) mass is 369 g/mol. The highest BCUT2D eigenvalue weighted by molar-refractivity contribution is 8.27. The van der Waals surface area contributed by atoms with Gasteiger partial charge in [-0.25, -0.2) is 0 Å². The normalized spacial score (nSPS) is 23.0. The number of para-hydroxylation sites is 1. The summed E-state index contributed by atoms with van der Waals surface area (Å²) in [5.74, 6) is -0.179. The summed E-state index contributed by atoms with van der Waals surface area (Å²) in [5, 5.41) is 1.02. The molecule has 24 heavy (non-hydrogen) atoms. The molecule has 0 aliphatic carbocycles. The molecule has 1 fully saturated rings. The first kappa shape index (κ1) is 15.9. The van der Waals surface area contributed by atoms with Gasteiger partial charge in [0, 0.05) is 11.4 Å². The third-order valence-corrected chi connectivity index (χ3v) is 7.01. The van der Waals surface area contributed by atoms with Crippen LogP contribution in [0, 0.1) is 0 Å². The lowest BCUT2D eigenvalue weighted by molar-refractivity contribution is -0.114. The predicted octanol–water partition coefficient (Wildman–Crippen LogP) is 5.21. The van der Waals surface area contributed by atoms with Gasteiger partial charge in [0.15, 0.2) is 5.78 Å². The molecule has 0 spiro atoms. The van der Waals surface area contributed by atoms with Crippen LogP contribution in [0.3, 0.4) is 0 Å². The molecule has 0 N–H and O–H groups in total. The van der Waals surface area contributed by atoms with Crippen LogP contribution in [0.4, 0.5) is 5.69 Å². The molecule has 2 aliphatic rings. The number of allylic oxidation sites excluding steroid dienone is 1. The Morgan fingerprint density at radius 1 is 1.04 bits per heavy atom. The van der Waals surface area contributed by atoms with Gasteiger partial charge in [0.25, 0.3) is 0 Å². The quantitative estimate of drug-likeness (QED) is 0.533. The van der Waals surface area contributed by atoms with E-state index in [2.05, 4.69) is 24.0 Å². The number of rotatable bonds is 2. The second-order valence-corrected chi connectivity index (χ2v) is 8.36. The topological polar surface area (TPSA) is 20.3 Å². The molecule has 4 rings (SSSR count). The van der Waals surface area contributed by atoms with E-state index in [9.17, 15) is 4.79 Å². The molecular weight excluding hydrogens is 354 g/mol. The number of thiocarbonyl (C=S) groups is 1. The van der Waals surface area contributed by atoms with Gasteiger partial charge in [-0.1, -0.05) is 78.2 Å². The van der Waals surface area contributed by atoms with Crippen molar-refractivity contribution >= 4 is 51.4 Å². The summed E-state index contributed by atoms with van der Waals surface area (Å²) in [6.45, 7) is 2.94. The van der Waals surface area contributed by atoms with Crippen LogP contribution in [0.2, 0.25) is 0 Å². The highest BCUT2D eigenvalue weighted by Gasteiger charge is 2.41. The summed E-state index contributed by atoms with van der Waals surface area (Å²) in [6, 6.07) is 18.1. The van der Waals surface area contributed by atoms with Crippen molar-refractivity contribution in [2.24, 2.45) is 0 Å². The van der Waals surface area contributed by atoms with Crippen molar-refractivity contribution in [3.8, 4) is 0 Å². The molecule has 0 aromatic heterocycles. The third-order valence-electron chi connectivity index (χ3n) is 4.18. The first-order chi connectivity index (χ1) is 11.7. The Morgan fingerprint density at radius 3 is 2.50 bits per heavy atom. The average Bonchev–Trinajstić information content (AvgIpc) is 3.12. The first-order valence-electron chi connectivity index (χ1n) is 7.80. The fourth-order valence-corrected chi connectivity index (χ4v) is 5.94. The number of anilines is 1. The smallest absolute Gasteiger partial charge is 0.185 e. The largest absolute Gasteiger partial charge is 0.334 e. The second-order valence-electron chi connectivity index (χ2n) is 5.58. The minimum absolute atomic E-state index is 0.130. The fraction of sp³-hybridized carbons (Fsp3) is 0.158. The SMILES string of the molecule is CCN1/C(=C2/SC(=S)[C@H](c3ccccc3)C2=O)Sc2ccccc21. The van der Waals surface area contributed by atoms with Crippen molar-refractivity contribution in [2.45, 2.75) is 17.7 Å². The molecule has 0 saturated carbocycles. The van der Waals surface area contributed by atoms with Gasteiger partial charge in [0.05, 0.1) is 25.7 Å². The number of benzene rings is 2. The molecule has 5 heteroatoms. The van der Waals surface area contributed by atoms with Gasteiger partial charge in [-0.15, -0.1) is 0 Å². The molecule has 0 unspecified atom stereocenters. The Kier molecular flexibility index (Phi) is 4.24. The summed E-state index contributed by atoms with van der Waals surface area (Å²) in [7, 11) is 0. The van der Waals surface area contributed by atoms with E-state index in [0.29, 0.717) is 0 Å². The van der Waals surface area contributed by atoms with Gasteiger partial charge >= 0.3 is 0 Å². The lowest BCUT2D eigenvalue weighted by Crippen LogP contribution is -2.19. The van der Waals surface area contributed by atoms with Crippen molar-refractivity contribution < 1.29 is 4.79 Å². The standard InChI is InChI=1S/C19H15NOS3/c1-2-20-13-10-6-7-11-14(13)23-18(20)17-16(21)15(19(22)24-17)12-8-4-3-5-9-12/h3-11,15H,2H2,1H3/b18-17-/t15-/m1/s1. The molecule has 2 aliphatic heterocycles. The fourth-order valence-electron chi connectivity index (χ4n) is 3.05. The van der Waals surface area contributed by atoms with E-state index in [1.165, 1.54) is 22.3 Å². The first-order valence-corrected chi connectivity index (χ1v) is 9.84. The average molecular weight is 370 g/mol. The van der Waals surface area contributed by atoms with Crippen LogP contribution >= 0.6 is 35.7 Å². The zero-order valence-electron chi connectivity index (χ0n) is 13.1. The van der Waals surface area contributed by atoms with Crippen LogP contribution in [0.5, 0.6) is 0 Å². The van der Waals surface area contributed by atoms with Gasteiger partial charge in [0.2, 0.25) is 0 Å². The van der Waals surface area contributed by atoms with Gasteiger partial charge in [-0.05, 0) is 24.6 Å². The number of carbonyl (C=O) groups excluding carboxylic acids is 1. The van der Waals surface area contributed by atoms with Crippen LogP contribution in [0.1, 0.15) is 18.4 Å². The van der Waals surface area contributed by atoms with Crippen LogP contribution in [-0.2, 0) is 4.79 Å². The van der Waals surface area contributed by atoms with E-state index in [4.69, 9.17) is 12.2 Å². The number of nitrogens with zero attached hydrogens (tertiary/aromatic N) is 1. The van der Waals surface area contributed by atoms with Crippen LogP contribution < -0.4 is 4.90 Å². The number of fused-ring (bicyclic) bond motifs is 1. The lowest BCUT2D eigenvalue weighted by atomic mass is 9.96. The highest BCUT2D eigenvalue weighted by Crippen LogP contribution is 2.52. The maximum atomic E-state index is 13.1. The zero-order valence-corrected chi connectivity index (χ0v) is 15.5. The number of Topliss-reactive ketones (excluding diaryl/α,β-unsaturated/α-hetero) is 1. The van der Waals surface area contributed by atoms with Crippen molar-refractivity contribution in [3.63, 3.8) is 0 Å². The molecular formula is C19H15NOS3. The molecule has 2 heterocycles. The Bertz CT molecular complexity index is 860. The molecule has 1 atom stereocenters. The number of thioether (sulfide) groups is 2. The molecule has 120 valence electrons. The molecule has 0 amide bonds. The highest BCUT2D eigenvalue weighted by atomic mass is 32.2. The van der Waals surface area contributed by atoms with Gasteiger partial charge in [-0.2, -0.15) is 0 Å². The molecule has 2 aromatic carbocycles. The molecule has 2 aromatic rings.